The first kappa shape index (κ1) is 13.2. The van der Waals surface area contributed by atoms with Crippen LogP contribution in [0.25, 0.3) is 0 Å². The number of nitriles is 1. The van der Waals surface area contributed by atoms with Crippen LogP contribution in [0.2, 0.25) is 5.02 Å². The molecule has 0 saturated carbocycles. The number of esters is 1. The monoisotopic (exact) mass is 251 g/mol. The first-order valence-corrected chi connectivity index (χ1v) is 5.34. The lowest BCUT2D eigenvalue weighted by Crippen LogP contribution is -2.11. The van der Waals surface area contributed by atoms with Gasteiger partial charge in [0.15, 0.2) is 6.29 Å². The Hall–Kier alpha value is -1.86. The van der Waals surface area contributed by atoms with Crippen LogP contribution in [0.3, 0.4) is 0 Å². The van der Waals surface area contributed by atoms with Gasteiger partial charge in [-0.15, -0.1) is 0 Å². The zero-order valence-electron chi connectivity index (χ0n) is 9.20. The average Bonchev–Trinajstić information content (AvgIpc) is 2.30. The first-order valence-electron chi connectivity index (χ1n) is 4.96. The predicted octanol–water partition coefficient (Wildman–Crippen LogP) is 2.13. The van der Waals surface area contributed by atoms with Gasteiger partial charge in [-0.1, -0.05) is 11.6 Å². The smallest absolute Gasteiger partial charge is 0.310 e. The molecule has 0 atom stereocenters. The zero-order valence-corrected chi connectivity index (χ0v) is 9.95. The molecule has 88 valence electrons. The number of hydrogen-bond donors (Lipinski definition) is 0. The lowest BCUT2D eigenvalue weighted by molar-refractivity contribution is -0.142. The van der Waals surface area contributed by atoms with E-state index < -0.39 is 5.97 Å². The molecule has 0 aliphatic heterocycles. The van der Waals surface area contributed by atoms with Gasteiger partial charge in [-0.2, -0.15) is 5.26 Å². The van der Waals surface area contributed by atoms with E-state index in [4.69, 9.17) is 21.6 Å². The van der Waals surface area contributed by atoms with Gasteiger partial charge in [-0.3, -0.25) is 9.59 Å². The summed E-state index contributed by atoms with van der Waals surface area (Å²) in [4.78, 5) is 22.3. The minimum Gasteiger partial charge on any atom is -0.466 e. The highest BCUT2D eigenvalue weighted by Gasteiger charge is 2.15. The molecule has 1 rings (SSSR count). The number of benzene rings is 1. The van der Waals surface area contributed by atoms with Crippen LogP contribution in [0.5, 0.6) is 0 Å². The summed E-state index contributed by atoms with van der Waals surface area (Å²) in [7, 11) is 0. The second-order valence-corrected chi connectivity index (χ2v) is 3.61. The Kier molecular flexibility index (Phi) is 4.68. The molecule has 0 aliphatic rings. The Balaban J connectivity index is 3.19. The number of hydrogen-bond acceptors (Lipinski definition) is 4. The van der Waals surface area contributed by atoms with Crippen molar-refractivity contribution >= 4 is 23.9 Å². The van der Waals surface area contributed by atoms with E-state index in [9.17, 15) is 9.59 Å². The number of nitrogens with zero attached hydrogens (tertiary/aromatic N) is 1. The summed E-state index contributed by atoms with van der Waals surface area (Å²) in [6.45, 7) is 1.93. The van der Waals surface area contributed by atoms with Crippen molar-refractivity contribution in [2.24, 2.45) is 0 Å². The molecule has 17 heavy (non-hydrogen) atoms. The summed E-state index contributed by atoms with van der Waals surface area (Å²) in [6.07, 6.45) is 0.406. The van der Waals surface area contributed by atoms with Crippen LogP contribution in [0.4, 0.5) is 0 Å². The summed E-state index contributed by atoms with van der Waals surface area (Å²) in [5.41, 5.74) is 0.733. The van der Waals surface area contributed by atoms with Crippen LogP contribution in [0.15, 0.2) is 12.1 Å². The fraction of sp³-hybridized carbons (Fsp3) is 0.250. The van der Waals surface area contributed by atoms with Gasteiger partial charge in [-0.25, -0.2) is 0 Å². The zero-order chi connectivity index (χ0) is 12.8. The molecule has 0 aliphatic carbocycles. The van der Waals surface area contributed by atoms with Crippen LogP contribution in [0, 0.1) is 11.3 Å². The number of carbonyl (C=O) groups is 2. The largest absolute Gasteiger partial charge is 0.466 e. The van der Waals surface area contributed by atoms with E-state index in [0.29, 0.717) is 11.8 Å². The van der Waals surface area contributed by atoms with Crippen LogP contribution in [0.1, 0.15) is 28.4 Å². The number of carbonyl (C=O) groups excluding carboxylic acids is 2. The van der Waals surface area contributed by atoms with E-state index in [-0.39, 0.29) is 29.2 Å². The Morgan fingerprint density at radius 3 is 2.82 bits per heavy atom. The molecule has 0 bridgehead atoms. The molecule has 4 nitrogen and oxygen atoms in total. The van der Waals surface area contributed by atoms with Crippen molar-refractivity contribution in [2.45, 2.75) is 13.3 Å². The average molecular weight is 252 g/mol. The molecule has 0 spiro atoms. The summed E-state index contributed by atoms with van der Waals surface area (Å²) < 4.78 is 4.78. The molecule has 0 radical (unpaired) electrons. The number of ether oxygens (including phenoxy) is 1. The highest BCUT2D eigenvalue weighted by Crippen LogP contribution is 2.22. The third-order valence-corrected chi connectivity index (χ3v) is 2.50. The van der Waals surface area contributed by atoms with Crippen molar-refractivity contribution in [1.29, 1.82) is 5.26 Å². The second kappa shape index (κ2) is 6.02. The van der Waals surface area contributed by atoms with E-state index in [1.165, 1.54) is 12.1 Å². The molecule has 0 amide bonds. The van der Waals surface area contributed by atoms with Gasteiger partial charge in [0.25, 0.3) is 0 Å². The highest BCUT2D eigenvalue weighted by molar-refractivity contribution is 6.33. The fourth-order valence-electron chi connectivity index (χ4n) is 1.42. The highest BCUT2D eigenvalue weighted by atomic mass is 35.5. The molecule has 0 N–H and O–H groups in total. The minimum absolute atomic E-state index is 0.134. The van der Waals surface area contributed by atoms with Crippen molar-refractivity contribution in [3.63, 3.8) is 0 Å². The molecule has 0 saturated heterocycles. The summed E-state index contributed by atoms with van der Waals surface area (Å²) in [6, 6.07) is 4.85. The number of halogens is 1. The molecule has 0 heterocycles. The van der Waals surface area contributed by atoms with Gasteiger partial charge >= 0.3 is 5.97 Å². The summed E-state index contributed by atoms with van der Waals surface area (Å²) in [5.74, 6) is -0.491. The van der Waals surface area contributed by atoms with Gasteiger partial charge < -0.3 is 4.74 Å². The first-order chi connectivity index (χ1) is 8.13. The molecular formula is C12H10ClNO3. The second-order valence-electron chi connectivity index (χ2n) is 3.20. The van der Waals surface area contributed by atoms with Crippen LogP contribution >= 0.6 is 11.6 Å². The molecule has 1 aromatic carbocycles. The van der Waals surface area contributed by atoms with Gasteiger partial charge in [0, 0.05) is 5.56 Å². The summed E-state index contributed by atoms with van der Waals surface area (Å²) >= 11 is 5.83. The Bertz CT molecular complexity index is 491. The number of rotatable bonds is 4. The van der Waals surface area contributed by atoms with Crippen LogP contribution < -0.4 is 0 Å². The SMILES string of the molecule is CCOC(=O)Cc1c(C#N)ccc(Cl)c1C=O. The van der Waals surface area contributed by atoms with Crippen molar-refractivity contribution in [2.75, 3.05) is 6.61 Å². The van der Waals surface area contributed by atoms with Gasteiger partial charge in [-0.05, 0) is 24.6 Å². The Morgan fingerprint density at radius 1 is 1.59 bits per heavy atom. The lowest BCUT2D eigenvalue weighted by atomic mass is 9.99. The topological polar surface area (TPSA) is 67.2 Å². The van der Waals surface area contributed by atoms with E-state index in [0.717, 1.165) is 0 Å². The number of aldehydes is 1. The third-order valence-electron chi connectivity index (χ3n) is 2.17. The summed E-state index contributed by atoms with van der Waals surface area (Å²) in [5, 5.41) is 9.13. The van der Waals surface area contributed by atoms with Crippen molar-refractivity contribution in [3.8, 4) is 6.07 Å². The predicted molar refractivity (Wildman–Crippen MR) is 61.9 cm³/mol. The third kappa shape index (κ3) is 3.05. The van der Waals surface area contributed by atoms with Gasteiger partial charge in [0.1, 0.15) is 0 Å². The quantitative estimate of drug-likeness (QED) is 0.607. The van der Waals surface area contributed by atoms with Crippen molar-refractivity contribution in [3.05, 3.63) is 33.8 Å². The van der Waals surface area contributed by atoms with Crippen LogP contribution in [-0.4, -0.2) is 18.9 Å². The molecule has 0 fully saturated rings. The van der Waals surface area contributed by atoms with E-state index in [2.05, 4.69) is 0 Å². The Labute approximate surface area is 104 Å². The maximum Gasteiger partial charge on any atom is 0.310 e. The normalized spacial score (nSPS) is 9.47. The van der Waals surface area contributed by atoms with E-state index in [1.807, 2.05) is 6.07 Å². The molecule has 0 aromatic heterocycles. The minimum atomic E-state index is -0.491. The standard InChI is InChI=1S/C12H10ClNO3/c1-2-17-12(16)5-9-8(6-14)3-4-11(13)10(9)7-15/h3-4,7H,2,5H2,1H3. The molecule has 1 aromatic rings. The molecule has 0 unspecified atom stereocenters. The van der Waals surface area contributed by atoms with Gasteiger partial charge in [0.05, 0.1) is 29.7 Å². The lowest BCUT2D eigenvalue weighted by Gasteiger charge is -2.08. The maximum atomic E-state index is 11.4. The van der Waals surface area contributed by atoms with E-state index in [1.54, 1.807) is 6.92 Å². The van der Waals surface area contributed by atoms with E-state index >= 15 is 0 Å². The maximum absolute atomic E-state index is 11.4. The molecule has 5 heteroatoms. The Morgan fingerprint density at radius 2 is 2.29 bits per heavy atom. The van der Waals surface area contributed by atoms with Gasteiger partial charge in [0.2, 0.25) is 0 Å². The molecular weight excluding hydrogens is 242 g/mol. The van der Waals surface area contributed by atoms with Crippen molar-refractivity contribution in [1.82, 2.24) is 0 Å². The van der Waals surface area contributed by atoms with Crippen molar-refractivity contribution < 1.29 is 14.3 Å². The fourth-order valence-corrected chi connectivity index (χ4v) is 1.64. The van der Waals surface area contributed by atoms with Crippen LogP contribution in [-0.2, 0) is 16.0 Å².